The predicted octanol–water partition coefficient (Wildman–Crippen LogP) is 1.91. The average Bonchev–Trinajstić information content (AvgIpc) is 2.59. The number of hydrogen-bond donors (Lipinski definition) is 1. The molecule has 0 bridgehead atoms. The van der Waals surface area contributed by atoms with Crippen LogP contribution in [0.1, 0.15) is 38.2 Å². The Labute approximate surface area is 91.9 Å². The summed E-state index contributed by atoms with van der Waals surface area (Å²) in [4.78, 5) is 0. The maximum atomic E-state index is 4.26. The first-order chi connectivity index (χ1) is 7.26. The van der Waals surface area contributed by atoms with E-state index in [-0.39, 0.29) is 0 Å². The third-order valence-electron chi connectivity index (χ3n) is 3.63. The summed E-state index contributed by atoms with van der Waals surface area (Å²) >= 11 is 0. The Balaban J connectivity index is 2.01. The zero-order valence-corrected chi connectivity index (χ0v) is 9.90. The summed E-state index contributed by atoms with van der Waals surface area (Å²) in [7, 11) is 1.99. The Morgan fingerprint density at radius 3 is 2.87 bits per heavy atom. The molecule has 1 N–H and O–H groups in total. The topological polar surface area (TPSA) is 29.9 Å². The molecule has 0 aromatic carbocycles. The van der Waals surface area contributed by atoms with Crippen molar-refractivity contribution in [3.63, 3.8) is 0 Å². The molecule has 1 saturated carbocycles. The van der Waals surface area contributed by atoms with Crippen LogP contribution in [-0.4, -0.2) is 22.4 Å². The van der Waals surface area contributed by atoms with Crippen LogP contribution < -0.4 is 5.32 Å². The molecule has 1 aromatic rings. The minimum Gasteiger partial charge on any atom is -0.314 e. The fourth-order valence-electron chi connectivity index (χ4n) is 2.79. The van der Waals surface area contributed by atoms with Crippen LogP contribution >= 0.6 is 0 Å². The van der Waals surface area contributed by atoms with Gasteiger partial charge >= 0.3 is 0 Å². The number of nitrogens with one attached hydrogen (secondary N) is 1. The van der Waals surface area contributed by atoms with Crippen molar-refractivity contribution in [2.75, 3.05) is 6.54 Å². The summed E-state index contributed by atoms with van der Waals surface area (Å²) in [6, 6.07) is 0.727. The van der Waals surface area contributed by atoms with Crippen molar-refractivity contribution < 1.29 is 0 Å². The maximum Gasteiger partial charge on any atom is 0.0524 e. The molecule has 15 heavy (non-hydrogen) atoms. The largest absolute Gasteiger partial charge is 0.314 e. The fraction of sp³-hybridized carbons (Fsp3) is 0.750. The van der Waals surface area contributed by atoms with Gasteiger partial charge in [0.05, 0.1) is 6.20 Å². The van der Waals surface area contributed by atoms with Gasteiger partial charge < -0.3 is 5.32 Å². The summed E-state index contributed by atoms with van der Waals surface area (Å²) in [5.41, 5.74) is 1.42. The van der Waals surface area contributed by atoms with Gasteiger partial charge in [-0.15, -0.1) is 0 Å². The number of hydrogen-bond acceptors (Lipinski definition) is 2. The highest BCUT2D eigenvalue weighted by Crippen LogP contribution is 2.44. The van der Waals surface area contributed by atoms with Crippen LogP contribution in [0, 0.1) is 5.92 Å². The molecule has 1 aliphatic rings. The van der Waals surface area contributed by atoms with Gasteiger partial charge in [-0.3, -0.25) is 4.68 Å². The van der Waals surface area contributed by atoms with E-state index in [2.05, 4.69) is 30.5 Å². The quantitative estimate of drug-likeness (QED) is 0.817. The molecule has 3 atom stereocenters. The molecule has 1 fully saturated rings. The Kier molecular flexibility index (Phi) is 3.10. The second kappa shape index (κ2) is 4.35. The molecule has 0 spiro atoms. The summed E-state index contributed by atoms with van der Waals surface area (Å²) in [6.07, 6.45) is 6.72. The van der Waals surface area contributed by atoms with Crippen molar-refractivity contribution in [3.8, 4) is 0 Å². The normalized spacial score (nSPS) is 30.2. The first-order valence-electron chi connectivity index (χ1n) is 5.98. The second-order valence-electron chi connectivity index (χ2n) is 4.53. The molecule has 0 radical (unpaired) electrons. The van der Waals surface area contributed by atoms with Crippen molar-refractivity contribution in [2.45, 2.75) is 38.6 Å². The molecule has 0 aliphatic heterocycles. The molecular formula is C12H21N3. The summed E-state index contributed by atoms with van der Waals surface area (Å²) in [5.74, 6) is 1.53. The molecule has 1 heterocycles. The Hall–Kier alpha value is -0.830. The van der Waals surface area contributed by atoms with E-state index < -0.39 is 0 Å². The van der Waals surface area contributed by atoms with Crippen molar-refractivity contribution in [1.29, 1.82) is 0 Å². The number of nitrogens with zero attached hydrogens (tertiary/aromatic N) is 2. The Bertz CT molecular complexity index is 318. The lowest BCUT2D eigenvalue weighted by molar-refractivity contribution is 0.163. The van der Waals surface area contributed by atoms with Gasteiger partial charge in [-0.25, -0.2) is 0 Å². The van der Waals surface area contributed by atoms with E-state index in [1.54, 1.807) is 0 Å². The summed E-state index contributed by atoms with van der Waals surface area (Å²) in [5, 5.41) is 7.82. The first-order valence-corrected chi connectivity index (χ1v) is 5.98. The number of aromatic nitrogens is 2. The van der Waals surface area contributed by atoms with Crippen molar-refractivity contribution >= 4 is 0 Å². The second-order valence-corrected chi connectivity index (χ2v) is 4.53. The molecule has 3 unspecified atom stereocenters. The fourth-order valence-corrected chi connectivity index (χ4v) is 2.79. The highest BCUT2D eigenvalue weighted by atomic mass is 15.2. The van der Waals surface area contributed by atoms with Gasteiger partial charge in [0.2, 0.25) is 0 Å². The van der Waals surface area contributed by atoms with E-state index in [4.69, 9.17) is 0 Å². The maximum absolute atomic E-state index is 4.26. The minimum absolute atomic E-state index is 0.727. The van der Waals surface area contributed by atoms with Gasteiger partial charge in [0.25, 0.3) is 0 Å². The number of rotatable bonds is 4. The lowest BCUT2D eigenvalue weighted by Gasteiger charge is -2.44. The highest BCUT2D eigenvalue weighted by Gasteiger charge is 2.40. The standard InChI is InChI=1S/C12H21N3/c1-4-10-11(6-12(10)13-5-2)9-7-14-15(3)8-9/h7-8,10-13H,4-6H2,1-3H3. The van der Waals surface area contributed by atoms with Crippen LogP contribution in [0.3, 0.4) is 0 Å². The van der Waals surface area contributed by atoms with E-state index in [0.29, 0.717) is 0 Å². The lowest BCUT2D eigenvalue weighted by Crippen LogP contribution is -2.48. The average molecular weight is 207 g/mol. The van der Waals surface area contributed by atoms with Crippen LogP contribution in [0.25, 0.3) is 0 Å². The van der Waals surface area contributed by atoms with Gasteiger partial charge in [-0.1, -0.05) is 20.3 Å². The first kappa shape index (κ1) is 10.7. The molecule has 2 rings (SSSR count). The third-order valence-corrected chi connectivity index (χ3v) is 3.63. The van der Waals surface area contributed by atoms with Crippen LogP contribution in [-0.2, 0) is 7.05 Å². The molecule has 3 nitrogen and oxygen atoms in total. The monoisotopic (exact) mass is 207 g/mol. The van der Waals surface area contributed by atoms with Crippen molar-refractivity contribution in [3.05, 3.63) is 18.0 Å². The third kappa shape index (κ3) is 1.93. The highest BCUT2D eigenvalue weighted by molar-refractivity contribution is 5.19. The predicted molar refractivity (Wildman–Crippen MR) is 61.8 cm³/mol. The van der Waals surface area contributed by atoms with Gasteiger partial charge in [0.1, 0.15) is 0 Å². The Morgan fingerprint density at radius 1 is 1.53 bits per heavy atom. The molecule has 84 valence electrons. The molecule has 1 aromatic heterocycles. The Morgan fingerprint density at radius 2 is 2.33 bits per heavy atom. The smallest absolute Gasteiger partial charge is 0.0524 e. The molecule has 1 aliphatic carbocycles. The summed E-state index contributed by atoms with van der Waals surface area (Å²) < 4.78 is 1.91. The van der Waals surface area contributed by atoms with E-state index in [0.717, 1.165) is 24.4 Å². The van der Waals surface area contributed by atoms with E-state index in [1.165, 1.54) is 18.4 Å². The van der Waals surface area contributed by atoms with Gasteiger partial charge in [0.15, 0.2) is 0 Å². The van der Waals surface area contributed by atoms with Crippen molar-refractivity contribution in [1.82, 2.24) is 15.1 Å². The van der Waals surface area contributed by atoms with Crippen LogP contribution in [0.2, 0.25) is 0 Å². The minimum atomic E-state index is 0.727. The SMILES string of the molecule is CCNC1CC(c2cnn(C)c2)C1CC. The molecular weight excluding hydrogens is 186 g/mol. The molecule has 0 saturated heterocycles. The zero-order valence-electron chi connectivity index (χ0n) is 9.90. The summed E-state index contributed by atoms with van der Waals surface area (Å²) in [6.45, 7) is 5.56. The number of aryl methyl sites for hydroxylation is 1. The van der Waals surface area contributed by atoms with E-state index in [9.17, 15) is 0 Å². The van der Waals surface area contributed by atoms with Crippen LogP contribution in [0.5, 0.6) is 0 Å². The zero-order chi connectivity index (χ0) is 10.8. The lowest BCUT2D eigenvalue weighted by atomic mass is 9.65. The van der Waals surface area contributed by atoms with Crippen LogP contribution in [0.4, 0.5) is 0 Å². The van der Waals surface area contributed by atoms with Gasteiger partial charge in [0, 0.05) is 19.3 Å². The van der Waals surface area contributed by atoms with E-state index in [1.807, 2.05) is 17.9 Å². The molecule has 0 amide bonds. The van der Waals surface area contributed by atoms with Gasteiger partial charge in [-0.05, 0) is 30.4 Å². The van der Waals surface area contributed by atoms with Crippen molar-refractivity contribution in [2.24, 2.45) is 13.0 Å². The molecule has 3 heteroatoms. The van der Waals surface area contributed by atoms with Gasteiger partial charge in [-0.2, -0.15) is 5.10 Å². The van der Waals surface area contributed by atoms with Crippen LogP contribution in [0.15, 0.2) is 12.4 Å². The van der Waals surface area contributed by atoms with E-state index >= 15 is 0 Å².